The summed E-state index contributed by atoms with van der Waals surface area (Å²) in [7, 11) is 0. The van der Waals surface area contributed by atoms with Gasteiger partial charge in [-0.05, 0) is 61.4 Å². The van der Waals surface area contributed by atoms with Gasteiger partial charge in [0.15, 0.2) is 0 Å². The molecule has 266 valence electrons. The minimum absolute atomic E-state index is 0.0958. The maximum Gasteiger partial charge on any atom is 0.389 e. The number of nitrogens with zero attached hydrogens (tertiary/aromatic N) is 5. The second-order valence-electron chi connectivity index (χ2n) is 12.3. The van der Waals surface area contributed by atoms with Gasteiger partial charge in [-0.25, -0.2) is 4.79 Å². The molecule has 2 aromatic rings. The Balaban J connectivity index is 2.48. The van der Waals surface area contributed by atoms with Crippen LogP contribution in [0, 0.1) is 34.5 Å². The lowest BCUT2D eigenvalue weighted by Gasteiger charge is -2.33. The summed E-state index contributed by atoms with van der Waals surface area (Å²) in [5.41, 5.74) is 1.10. The van der Waals surface area contributed by atoms with Crippen LogP contribution < -0.4 is 10.2 Å². The highest BCUT2D eigenvalue weighted by molar-refractivity contribution is 5.93. The third kappa shape index (κ3) is 13.9. The van der Waals surface area contributed by atoms with Gasteiger partial charge in [-0.3, -0.25) is 4.79 Å². The summed E-state index contributed by atoms with van der Waals surface area (Å²) in [6.07, 6.45) is 3.09. The van der Waals surface area contributed by atoms with Gasteiger partial charge in [0, 0.05) is 32.1 Å². The summed E-state index contributed by atoms with van der Waals surface area (Å²) < 4.78 is 42.2. The highest BCUT2D eigenvalue weighted by atomic mass is 19.4. The van der Waals surface area contributed by atoms with E-state index in [2.05, 4.69) is 48.1 Å². The first-order valence-corrected chi connectivity index (χ1v) is 17.2. The maximum absolute atomic E-state index is 12.5. The first-order valence-electron chi connectivity index (χ1n) is 17.2. The molecule has 0 spiro atoms. The molecule has 49 heavy (non-hydrogen) atoms. The SMILES string of the molecule is CCCCC(CC)CN(CC(CC)CCCC)c1ccc(N=Nc2c(C#N)cc(C(=O)OCCCC(F)(F)F)cc2C#N)c(NC(C)=O)c1. The molecular formula is C37H49F3N6O3. The average molecular weight is 683 g/mol. The number of carbonyl (C=O) groups is 2. The Labute approximate surface area is 288 Å². The molecule has 1 amide bonds. The third-order valence-corrected chi connectivity index (χ3v) is 8.38. The van der Waals surface area contributed by atoms with Crippen molar-refractivity contribution >= 4 is 34.6 Å². The van der Waals surface area contributed by atoms with Crippen molar-refractivity contribution in [2.75, 3.05) is 29.9 Å². The van der Waals surface area contributed by atoms with Crippen LogP contribution in [0.5, 0.6) is 0 Å². The van der Waals surface area contributed by atoms with Crippen molar-refractivity contribution in [2.24, 2.45) is 22.1 Å². The lowest BCUT2D eigenvalue weighted by Crippen LogP contribution is -2.34. The number of halogens is 3. The largest absolute Gasteiger partial charge is 0.462 e. The molecule has 2 unspecified atom stereocenters. The van der Waals surface area contributed by atoms with Crippen LogP contribution in [-0.2, 0) is 9.53 Å². The number of esters is 1. The number of carbonyl (C=O) groups excluding carboxylic acids is 2. The second-order valence-corrected chi connectivity index (χ2v) is 12.3. The molecule has 0 bridgehead atoms. The van der Waals surface area contributed by atoms with Crippen LogP contribution in [0.25, 0.3) is 0 Å². The van der Waals surface area contributed by atoms with E-state index in [1.165, 1.54) is 6.92 Å². The van der Waals surface area contributed by atoms with Gasteiger partial charge < -0.3 is 15.0 Å². The van der Waals surface area contributed by atoms with E-state index >= 15 is 0 Å². The van der Waals surface area contributed by atoms with Crippen LogP contribution in [0.4, 0.5) is 35.9 Å². The zero-order valence-electron chi connectivity index (χ0n) is 29.3. The number of benzene rings is 2. The fraction of sp³-hybridized carbons (Fsp3) is 0.568. The number of alkyl halides is 3. The second kappa shape index (κ2) is 20.8. The van der Waals surface area contributed by atoms with Gasteiger partial charge in [0.1, 0.15) is 23.5 Å². The number of nitrogens with one attached hydrogen (secondary N) is 1. The van der Waals surface area contributed by atoms with Crippen molar-refractivity contribution in [3.05, 3.63) is 47.0 Å². The molecule has 2 atom stereocenters. The van der Waals surface area contributed by atoms with E-state index in [9.17, 15) is 33.3 Å². The smallest absolute Gasteiger partial charge is 0.389 e. The van der Waals surface area contributed by atoms with E-state index in [0.717, 1.165) is 82.3 Å². The van der Waals surface area contributed by atoms with Crippen LogP contribution >= 0.6 is 0 Å². The molecule has 0 saturated carbocycles. The molecular weight excluding hydrogens is 633 g/mol. The number of unbranched alkanes of at least 4 members (excludes halogenated alkanes) is 2. The minimum Gasteiger partial charge on any atom is -0.462 e. The van der Waals surface area contributed by atoms with E-state index in [1.54, 1.807) is 6.07 Å². The maximum atomic E-state index is 12.5. The van der Waals surface area contributed by atoms with Gasteiger partial charge in [-0.1, -0.05) is 66.2 Å². The van der Waals surface area contributed by atoms with Crippen molar-refractivity contribution in [2.45, 2.75) is 105 Å². The molecule has 12 heteroatoms. The van der Waals surface area contributed by atoms with Gasteiger partial charge in [0.05, 0.1) is 29.0 Å². The fourth-order valence-electron chi connectivity index (χ4n) is 5.50. The van der Waals surface area contributed by atoms with Crippen molar-refractivity contribution in [1.29, 1.82) is 10.5 Å². The quantitative estimate of drug-likeness (QED) is 0.0840. The van der Waals surface area contributed by atoms with Gasteiger partial charge in [-0.2, -0.15) is 23.7 Å². The zero-order valence-corrected chi connectivity index (χ0v) is 29.3. The van der Waals surface area contributed by atoms with Gasteiger partial charge >= 0.3 is 12.1 Å². The van der Waals surface area contributed by atoms with Crippen molar-refractivity contribution in [3.63, 3.8) is 0 Å². The van der Waals surface area contributed by atoms with Gasteiger partial charge in [0.25, 0.3) is 0 Å². The Morgan fingerprint density at radius 1 is 0.898 bits per heavy atom. The summed E-state index contributed by atoms with van der Waals surface area (Å²) in [5.74, 6) is -0.244. The predicted octanol–water partition coefficient (Wildman–Crippen LogP) is 10.5. The zero-order chi connectivity index (χ0) is 36.4. The molecule has 1 N–H and O–H groups in total. The normalized spacial score (nSPS) is 12.6. The molecule has 2 aromatic carbocycles. The van der Waals surface area contributed by atoms with Crippen LogP contribution in [0.1, 0.15) is 120 Å². The number of azo groups is 1. The monoisotopic (exact) mass is 682 g/mol. The molecule has 0 heterocycles. The van der Waals surface area contributed by atoms with E-state index < -0.39 is 31.6 Å². The van der Waals surface area contributed by atoms with E-state index in [0.29, 0.717) is 23.2 Å². The standard InChI is InChI=1S/C37H49F3N6O3/c1-6-10-13-27(8-3)24-46(25-28(9-4)14-11-7-2)32-15-16-33(34(21-32)43-26(5)47)44-45-35-30(22-41)19-29(20-31(35)23-42)36(48)49-18-12-17-37(38,39)40/h15-16,19-21,27-28H,6-14,17-18,24-25H2,1-5H3,(H,43,47). The first-order chi connectivity index (χ1) is 23.4. The molecule has 0 aliphatic rings. The minimum atomic E-state index is -4.38. The Hall–Kier alpha value is -4.45. The first kappa shape index (κ1) is 40.7. The van der Waals surface area contributed by atoms with E-state index in [4.69, 9.17) is 4.74 Å². The molecule has 0 aliphatic heterocycles. The molecule has 0 radical (unpaired) electrons. The number of nitriles is 2. The Morgan fingerprint density at radius 2 is 1.47 bits per heavy atom. The topological polar surface area (TPSA) is 131 Å². The Kier molecular flexibility index (Phi) is 17.3. The number of amides is 1. The molecule has 0 aliphatic carbocycles. The van der Waals surface area contributed by atoms with Crippen molar-refractivity contribution in [1.82, 2.24) is 0 Å². The molecule has 2 rings (SSSR count). The van der Waals surface area contributed by atoms with E-state index in [1.807, 2.05) is 24.3 Å². The molecule has 9 nitrogen and oxygen atoms in total. The van der Waals surface area contributed by atoms with E-state index in [-0.39, 0.29) is 28.3 Å². The summed E-state index contributed by atoms with van der Waals surface area (Å²) in [6.45, 7) is 11.5. The molecule has 0 fully saturated rings. The summed E-state index contributed by atoms with van der Waals surface area (Å²) in [5, 5.41) is 31.0. The number of hydrogen-bond acceptors (Lipinski definition) is 8. The lowest BCUT2D eigenvalue weighted by molar-refractivity contribution is -0.137. The fourth-order valence-corrected chi connectivity index (χ4v) is 5.50. The third-order valence-electron chi connectivity index (χ3n) is 8.38. The summed E-state index contributed by atoms with van der Waals surface area (Å²) in [4.78, 5) is 27.2. The molecule has 0 saturated heterocycles. The average Bonchev–Trinajstić information content (AvgIpc) is 3.07. The number of rotatable bonds is 20. The van der Waals surface area contributed by atoms with Crippen molar-refractivity contribution in [3.8, 4) is 12.1 Å². The molecule has 0 aromatic heterocycles. The summed E-state index contributed by atoms with van der Waals surface area (Å²) >= 11 is 0. The highest BCUT2D eigenvalue weighted by Gasteiger charge is 2.26. The van der Waals surface area contributed by atoms with Crippen LogP contribution in [-0.4, -0.2) is 37.7 Å². The van der Waals surface area contributed by atoms with Crippen LogP contribution in [0.2, 0.25) is 0 Å². The van der Waals surface area contributed by atoms with Crippen LogP contribution in [0.3, 0.4) is 0 Å². The Morgan fingerprint density at radius 3 is 1.94 bits per heavy atom. The van der Waals surface area contributed by atoms with Crippen molar-refractivity contribution < 1.29 is 27.5 Å². The predicted molar refractivity (Wildman–Crippen MR) is 185 cm³/mol. The Bertz CT molecular complexity index is 1440. The van der Waals surface area contributed by atoms with Crippen LogP contribution in [0.15, 0.2) is 40.6 Å². The number of ether oxygens (including phenoxy) is 1. The van der Waals surface area contributed by atoms with Gasteiger partial charge in [-0.15, -0.1) is 10.2 Å². The van der Waals surface area contributed by atoms with Gasteiger partial charge in [0.2, 0.25) is 5.91 Å². The number of anilines is 2. The number of hydrogen-bond donors (Lipinski definition) is 1. The highest BCUT2D eigenvalue weighted by Crippen LogP contribution is 2.35. The summed E-state index contributed by atoms with van der Waals surface area (Å²) in [6, 6.07) is 11.7. The lowest BCUT2D eigenvalue weighted by atomic mass is 9.95.